The zero-order valence-electron chi connectivity index (χ0n) is 11.6. The maximum absolute atomic E-state index is 13.0. The van der Waals surface area contributed by atoms with Crippen molar-refractivity contribution in [2.24, 2.45) is 0 Å². The fourth-order valence-electron chi connectivity index (χ4n) is 1.48. The first-order valence-electron chi connectivity index (χ1n) is 6.35. The van der Waals surface area contributed by atoms with E-state index in [1.807, 2.05) is 13.8 Å². The van der Waals surface area contributed by atoms with Gasteiger partial charge in [0.15, 0.2) is 6.10 Å². The van der Waals surface area contributed by atoms with Crippen LogP contribution in [0.5, 0.6) is 5.75 Å². The van der Waals surface area contributed by atoms with Gasteiger partial charge < -0.3 is 15.2 Å². The van der Waals surface area contributed by atoms with Crippen LogP contribution < -0.4 is 10.1 Å². The van der Waals surface area contributed by atoms with Gasteiger partial charge in [0, 0.05) is 6.04 Å². The number of carboxylic acids is 1. The number of amides is 1. The molecule has 1 aromatic rings. The maximum atomic E-state index is 13.0. The molecule has 1 aromatic carbocycles. The van der Waals surface area contributed by atoms with Crippen molar-refractivity contribution in [3.8, 4) is 5.75 Å². The fourth-order valence-corrected chi connectivity index (χ4v) is 1.48. The number of nitrogens with one attached hydrogen (secondary N) is 1. The Morgan fingerprint density at radius 3 is 2.60 bits per heavy atom. The lowest BCUT2D eigenvalue weighted by molar-refractivity contribution is -0.127. The van der Waals surface area contributed by atoms with Crippen LogP contribution in [-0.2, 0) is 4.79 Å². The molecule has 0 saturated carbocycles. The number of benzene rings is 1. The molecule has 0 aliphatic heterocycles. The molecule has 0 bridgehead atoms. The molecule has 0 aromatic heterocycles. The highest BCUT2D eigenvalue weighted by molar-refractivity contribution is 5.91. The highest BCUT2D eigenvalue weighted by Crippen LogP contribution is 2.21. The van der Waals surface area contributed by atoms with Crippen LogP contribution in [0.4, 0.5) is 4.39 Å². The highest BCUT2D eigenvalue weighted by Gasteiger charge is 2.20. The first-order valence-corrected chi connectivity index (χ1v) is 6.35. The second kappa shape index (κ2) is 6.88. The van der Waals surface area contributed by atoms with Crippen LogP contribution in [0.1, 0.15) is 37.6 Å². The summed E-state index contributed by atoms with van der Waals surface area (Å²) in [4.78, 5) is 22.8. The molecule has 5 nitrogen and oxygen atoms in total. The molecule has 2 unspecified atom stereocenters. The number of carbonyl (C=O) groups is 2. The van der Waals surface area contributed by atoms with Crippen LogP contribution in [0.25, 0.3) is 0 Å². The van der Waals surface area contributed by atoms with Gasteiger partial charge in [-0.25, -0.2) is 9.18 Å². The average molecular weight is 283 g/mol. The summed E-state index contributed by atoms with van der Waals surface area (Å²) >= 11 is 0. The van der Waals surface area contributed by atoms with E-state index >= 15 is 0 Å². The van der Waals surface area contributed by atoms with E-state index in [-0.39, 0.29) is 23.3 Å². The first-order chi connectivity index (χ1) is 9.35. The fraction of sp³-hybridized carbons (Fsp3) is 0.429. The topological polar surface area (TPSA) is 75.6 Å². The molecular weight excluding hydrogens is 265 g/mol. The Morgan fingerprint density at radius 2 is 2.05 bits per heavy atom. The highest BCUT2D eigenvalue weighted by atomic mass is 19.1. The Balaban J connectivity index is 2.82. The molecular formula is C14H18FNO4. The normalized spacial score (nSPS) is 13.4. The summed E-state index contributed by atoms with van der Waals surface area (Å²) in [5.74, 6) is -2.37. The van der Waals surface area contributed by atoms with Crippen molar-refractivity contribution < 1.29 is 23.8 Å². The van der Waals surface area contributed by atoms with Crippen LogP contribution in [0, 0.1) is 5.82 Å². The largest absolute Gasteiger partial charge is 0.480 e. The molecule has 0 radical (unpaired) electrons. The number of ether oxygens (including phenoxy) is 1. The number of hydrogen-bond acceptors (Lipinski definition) is 3. The predicted octanol–water partition coefficient (Wildman–Crippen LogP) is 2.21. The predicted molar refractivity (Wildman–Crippen MR) is 71.3 cm³/mol. The van der Waals surface area contributed by atoms with Gasteiger partial charge in [-0.2, -0.15) is 0 Å². The molecule has 2 atom stereocenters. The summed E-state index contributed by atoms with van der Waals surface area (Å²) in [7, 11) is 0. The summed E-state index contributed by atoms with van der Waals surface area (Å²) in [6, 6.07) is 3.14. The molecule has 1 rings (SSSR count). The second-order valence-corrected chi connectivity index (χ2v) is 4.52. The lowest BCUT2D eigenvalue weighted by Gasteiger charge is -2.18. The number of carbonyl (C=O) groups excluding carboxylic acids is 1. The summed E-state index contributed by atoms with van der Waals surface area (Å²) in [6.45, 7) is 5.29. The third-order valence-electron chi connectivity index (χ3n) is 2.85. The summed E-state index contributed by atoms with van der Waals surface area (Å²) in [5, 5.41) is 11.7. The molecule has 0 saturated heterocycles. The molecule has 20 heavy (non-hydrogen) atoms. The smallest absolute Gasteiger partial charge is 0.339 e. The van der Waals surface area contributed by atoms with Gasteiger partial charge in [0.1, 0.15) is 17.1 Å². The van der Waals surface area contributed by atoms with E-state index in [1.165, 1.54) is 13.0 Å². The number of carboxylic acid groups (broad SMARTS) is 1. The number of hydrogen-bond donors (Lipinski definition) is 2. The van der Waals surface area contributed by atoms with Crippen LogP contribution in [-0.4, -0.2) is 29.1 Å². The molecule has 0 spiro atoms. The number of halogens is 1. The van der Waals surface area contributed by atoms with Crippen LogP contribution >= 0.6 is 0 Å². The van der Waals surface area contributed by atoms with E-state index in [0.29, 0.717) is 0 Å². The van der Waals surface area contributed by atoms with Crippen molar-refractivity contribution >= 4 is 11.9 Å². The molecule has 2 N–H and O–H groups in total. The Labute approximate surface area is 116 Å². The zero-order valence-corrected chi connectivity index (χ0v) is 11.6. The van der Waals surface area contributed by atoms with Crippen molar-refractivity contribution in [1.82, 2.24) is 5.32 Å². The van der Waals surface area contributed by atoms with Crippen LogP contribution in [0.3, 0.4) is 0 Å². The molecule has 0 aliphatic carbocycles. The quantitative estimate of drug-likeness (QED) is 0.839. The lowest BCUT2D eigenvalue weighted by Crippen LogP contribution is -2.41. The van der Waals surface area contributed by atoms with Crippen LogP contribution in [0.2, 0.25) is 0 Å². The molecule has 0 aliphatic rings. The summed E-state index contributed by atoms with van der Waals surface area (Å²) < 4.78 is 18.3. The van der Waals surface area contributed by atoms with E-state index in [9.17, 15) is 14.0 Å². The number of rotatable bonds is 6. The SMILES string of the molecule is CCC(C)NC(=O)C(C)Oc1ccc(F)cc1C(=O)O. The minimum absolute atomic E-state index is 0.000659. The minimum atomic E-state index is -1.31. The van der Waals surface area contributed by atoms with E-state index in [1.54, 1.807) is 0 Å². The van der Waals surface area contributed by atoms with Crippen molar-refractivity contribution in [2.75, 3.05) is 0 Å². The van der Waals surface area contributed by atoms with Crippen molar-refractivity contribution in [3.63, 3.8) is 0 Å². The molecule has 6 heteroatoms. The minimum Gasteiger partial charge on any atom is -0.480 e. The Morgan fingerprint density at radius 1 is 1.40 bits per heavy atom. The molecule has 0 fully saturated rings. The van der Waals surface area contributed by atoms with Gasteiger partial charge in [0.25, 0.3) is 5.91 Å². The average Bonchev–Trinajstić information content (AvgIpc) is 2.40. The van der Waals surface area contributed by atoms with Gasteiger partial charge in [-0.1, -0.05) is 6.92 Å². The van der Waals surface area contributed by atoms with E-state index in [0.717, 1.165) is 18.6 Å². The van der Waals surface area contributed by atoms with Gasteiger partial charge in [-0.3, -0.25) is 4.79 Å². The van der Waals surface area contributed by atoms with E-state index in [4.69, 9.17) is 9.84 Å². The number of aromatic carboxylic acids is 1. The standard InChI is InChI=1S/C14H18FNO4/c1-4-8(2)16-13(17)9(3)20-12-6-5-10(15)7-11(12)14(18)19/h5-9H,4H2,1-3H3,(H,16,17)(H,18,19). The monoisotopic (exact) mass is 283 g/mol. The molecule has 1 amide bonds. The Bertz CT molecular complexity index is 504. The van der Waals surface area contributed by atoms with Gasteiger partial charge in [0.2, 0.25) is 0 Å². The Hall–Kier alpha value is -2.11. The van der Waals surface area contributed by atoms with Gasteiger partial charge >= 0.3 is 5.97 Å². The third kappa shape index (κ3) is 4.22. The van der Waals surface area contributed by atoms with Crippen molar-refractivity contribution in [2.45, 2.75) is 39.3 Å². The van der Waals surface area contributed by atoms with Gasteiger partial charge in [0.05, 0.1) is 0 Å². The maximum Gasteiger partial charge on any atom is 0.339 e. The molecule has 110 valence electrons. The van der Waals surface area contributed by atoms with Gasteiger partial charge in [-0.05, 0) is 38.5 Å². The zero-order chi connectivity index (χ0) is 15.3. The third-order valence-corrected chi connectivity index (χ3v) is 2.85. The van der Waals surface area contributed by atoms with Crippen molar-refractivity contribution in [3.05, 3.63) is 29.6 Å². The summed E-state index contributed by atoms with van der Waals surface area (Å²) in [6.07, 6.45) is -0.0948. The van der Waals surface area contributed by atoms with Crippen molar-refractivity contribution in [1.29, 1.82) is 0 Å². The summed E-state index contributed by atoms with van der Waals surface area (Å²) in [5.41, 5.74) is -0.312. The lowest BCUT2D eigenvalue weighted by atomic mass is 10.2. The first kappa shape index (κ1) is 15.9. The van der Waals surface area contributed by atoms with Crippen LogP contribution in [0.15, 0.2) is 18.2 Å². The van der Waals surface area contributed by atoms with Gasteiger partial charge in [-0.15, -0.1) is 0 Å². The second-order valence-electron chi connectivity index (χ2n) is 4.52. The Kier molecular flexibility index (Phi) is 5.49. The van der Waals surface area contributed by atoms with E-state index < -0.39 is 17.9 Å². The molecule has 0 heterocycles. The van der Waals surface area contributed by atoms with E-state index in [2.05, 4.69) is 5.32 Å².